The van der Waals surface area contributed by atoms with E-state index in [2.05, 4.69) is 10.6 Å². The molecule has 0 atom stereocenters. The van der Waals surface area contributed by atoms with Crippen molar-refractivity contribution in [3.8, 4) is 5.69 Å². The van der Waals surface area contributed by atoms with Gasteiger partial charge in [0.05, 0.1) is 4.90 Å². The summed E-state index contributed by atoms with van der Waals surface area (Å²) < 4.78 is 44.8. The molecule has 0 bridgehead atoms. The van der Waals surface area contributed by atoms with Crippen LogP contribution >= 0.6 is 0 Å². The Morgan fingerprint density at radius 2 is 1.68 bits per heavy atom. The largest absolute Gasteiger partial charge is 0.318 e. The molecule has 2 aromatic carbocycles. The summed E-state index contributed by atoms with van der Waals surface area (Å²) in [5.41, 5.74) is 4.12. The number of benzene rings is 2. The average molecular weight is 441 g/mol. The van der Waals surface area contributed by atoms with Crippen LogP contribution in [-0.2, 0) is 16.6 Å². The van der Waals surface area contributed by atoms with Crippen LogP contribution in [0.1, 0.15) is 49.1 Å². The number of aryl methyl sites for hydroxylation is 1. The summed E-state index contributed by atoms with van der Waals surface area (Å²) in [6.07, 6.45) is 4.84. The first-order valence-electron chi connectivity index (χ1n) is 10.9. The van der Waals surface area contributed by atoms with Crippen LogP contribution in [0.2, 0.25) is 0 Å². The molecular formula is C25H29FN2O2S. The Hall–Kier alpha value is -2.44. The molecule has 164 valence electrons. The quantitative estimate of drug-likeness (QED) is 0.489. The van der Waals surface area contributed by atoms with Gasteiger partial charge in [-0.05, 0) is 68.7 Å². The van der Waals surface area contributed by atoms with Crippen LogP contribution in [0.5, 0.6) is 0 Å². The van der Waals surface area contributed by atoms with Crippen molar-refractivity contribution >= 4 is 10.0 Å². The molecule has 0 radical (unpaired) electrons. The third-order valence-electron chi connectivity index (χ3n) is 6.26. The van der Waals surface area contributed by atoms with E-state index in [1.807, 2.05) is 44.2 Å². The smallest absolute Gasteiger partial charge is 0.243 e. The number of hydrogen-bond acceptors (Lipinski definition) is 2. The molecule has 1 saturated carbocycles. The van der Waals surface area contributed by atoms with Crippen molar-refractivity contribution in [3.05, 3.63) is 83.4 Å². The first-order valence-corrected chi connectivity index (χ1v) is 12.3. The van der Waals surface area contributed by atoms with Gasteiger partial charge in [-0.2, -0.15) is 4.31 Å². The third-order valence-corrected chi connectivity index (χ3v) is 8.16. The second kappa shape index (κ2) is 8.97. The molecule has 0 aliphatic heterocycles. The average Bonchev–Trinajstić information content (AvgIpc) is 3.06. The van der Waals surface area contributed by atoms with Crippen molar-refractivity contribution in [2.75, 3.05) is 0 Å². The van der Waals surface area contributed by atoms with Crippen molar-refractivity contribution in [1.82, 2.24) is 8.87 Å². The Morgan fingerprint density at radius 3 is 2.35 bits per heavy atom. The zero-order valence-corrected chi connectivity index (χ0v) is 18.9. The summed E-state index contributed by atoms with van der Waals surface area (Å²) in [6.45, 7) is 4.36. The zero-order valence-electron chi connectivity index (χ0n) is 18.1. The highest BCUT2D eigenvalue weighted by Gasteiger charge is 2.33. The number of sulfonamides is 1. The van der Waals surface area contributed by atoms with Gasteiger partial charge in [-0.15, -0.1) is 0 Å². The number of halogens is 1. The fraction of sp³-hybridized carbons (Fsp3) is 0.360. The molecule has 4 rings (SSSR count). The van der Waals surface area contributed by atoms with Crippen LogP contribution in [0.4, 0.5) is 4.39 Å². The normalized spacial score (nSPS) is 15.5. The maximum atomic E-state index is 13.9. The van der Waals surface area contributed by atoms with E-state index in [0.717, 1.165) is 60.8 Å². The van der Waals surface area contributed by atoms with Crippen LogP contribution in [-0.4, -0.2) is 23.3 Å². The topological polar surface area (TPSA) is 42.3 Å². The molecule has 1 aliphatic carbocycles. The predicted molar refractivity (Wildman–Crippen MR) is 121 cm³/mol. The summed E-state index contributed by atoms with van der Waals surface area (Å²) >= 11 is 0. The van der Waals surface area contributed by atoms with Crippen LogP contribution < -0.4 is 0 Å². The summed E-state index contributed by atoms with van der Waals surface area (Å²) in [5, 5.41) is 0. The Labute approximate surface area is 184 Å². The standard InChI is InChI=1S/C25H29FN2O2S/c1-19-16-21(20(2)28(19)24-13-7-4-8-14-24)18-27(23-11-5-3-6-12-23)31(29,30)25-15-9-10-22(26)17-25/h4,7-10,13-17,23H,3,5-6,11-12,18H2,1-2H3. The lowest BCUT2D eigenvalue weighted by molar-refractivity contribution is 0.247. The zero-order chi connectivity index (χ0) is 22.0. The van der Waals surface area contributed by atoms with E-state index < -0.39 is 15.8 Å². The monoisotopic (exact) mass is 440 g/mol. The Kier molecular flexibility index (Phi) is 6.30. The summed E-state index contributed by atoms with van der Waals surface area (Å²) in [5.74, 6) is -0.535. The van der Waals surface area contributed by atoms with Crippen LogP contribution in [0.15, 0.2) is 65.6 Å². The van der Waals surface area contributed by atoms with Gasteiger partial charge in [0.1, 0.15) is 5.82 Å². The van der Waals surface area contributed by atoms with Gasteiger partial charge in [0, 0.05) is 29.7 Å². The van der Waals surface area contributed by atoms with Gasteiger partial charge >= 0.3 is 0 Å². The molecule has 1 heterocycles. The van der Waals surface area contributed by atoms with Gasteiger partial charge in [-0.25, -0.2) is 12.8 Å². The summed E-state index contributed by atoms with van der Waals surface area (Å²) in [7, 11) is -3.82. The molecule has 0 saturated heterocycles. The van der Waals surface area contributed by atoms with Crippen LogP contribution in [0, 0.1) is 19.7 Å². The highest BCUT2D eigenvalue weighted by atomic mass is 32.2. The van der Waals surface area contributed by atoms with E-state index in [0.29, 0.717) is 0 Å². The molecule has 1 fully saturated rings. The van der Waals surface area contributed by atoms with Crippen molar-refractivity contribution in [3.63, 3.8) is 0 Å². The lowest BCUT2D eigenvalue weighted by atomic mass is 9.95. The maximum absolute atomic E-state index is 13.9. The SMILES string of the molecule is Cc1cc(CN(C2CCCCC2)S(=O)(=O)c2cccc(F)c2)c(C)n1-c1ccccc1. The van der Waals surface area contributed by atoms with Gasteiger partial charge in [-0.1, -0.05) is 43.5 Å². The third kappa shape index (κ3) is 4.46. The van der Waals surface area contributed by atoms with E-state index in [4.69, 9.17) is 0 Å². The second-order valence-corrected chi connectivity index (χ2v) is 10.3. The van der Waals surface area contributed by atoms with Gasteiger partial charge in [0.25, 0.3) is 0 Å². The molecule has 31 heavy (non-hydrogen) atoms. The Balaban J connectivity index is 1.74. The minimum Gasteiger partial charge on any atom is -0.318 e. The van der Waals surface area contributed by atoms with E-state index in [1.54, 1.807) is 4.31 Å². The molecule has 0 amide bonds. The molecule has 1 aliphatic rings. The number of hydrogen-bond donors (Lipinski definition) is 0. The predicted octanol–water partition coefficient (Wildman–Crippen LogP) is 5.76. The van der Waals surface area contributed by atoms with Crippen molar-refractivity contribution in [2.45, 2.75) is 63.4 Å². The molecule has 1 aromatic heterocycles. The number of nitrogens with zero attached hydrogens (tertiary/aromatic N) is 2. The highest BCUT2D eigenvalue weighted by Crippen LogP contribution is 2.31. The first-order chi connectivity index (χ1) is 14.9. The maximum Gasteiger partial charge on any atom is 0.243 e. The molecular weight excluding hydrogens is 411 g/mol. The van der Waals surface area contributed by atoms with Gasteiger partial charge < -0.3 is 4.57 Å². The van der Waals surface area contributed by atoms with E-state index in [-0.39, 0.29) is 17.5 Å². The van der Waals surface area contributed by atoms with Crippen LogP contribution in [0.3, 0.4) is 0 Å². The molecule has 3 aromatic rings. The minimum absolute atomic E-state index is 0.0231. The number of aromatic nitrogens is 1. The van der Waals surface area contributed by atoms with E-state index >= 15 is 0 Å². The van der Waals surface area contributed by atoms with Crippen molar-refractivity contribution in [2.24, 2.45) is 0 Å². The lowest BCUT2D eigenvalue weighted by Crippen LogP contribution is -2.41. The molecule has 4 nitrogen and oxygen atoms in total. The van der Waals surface area contributed by atoms with E-state index in [9.17, 15) is 12.8 Å². The first kappa shape index (κ1) is 21.8. The number of rotatable bonds is 6. The summed E-state index contributed by atoms with van der Waals surface area (Å²) in [6, 6.07) is 17.4. The van der Waals surface area contributed by atoms with Crippen LogP contribution in [0.25, 0.3) is 5.69 Å². The van der Waals surface area contributed by atoms with Gasteiger partial charge in [0.2, 0.25) is 10.0 Å². The molecule has 6 heteroatoms. The molecule has 0 spiro atoms. The molecule has 0 N–H and O–H groups in total. The highest BCUT2D eigenvalue weighted by molar-refractivity contribution is 7.89. The molecule has 0 unspecified atom stereocenters. The van der Waals surface area contributed by atoms with Crippen molar-refractivity contribution < 1.29 is 12.8 Å². The Morgan fingerprint density at radius 1 is 0.968 bits per heavy atom. The number of para-hydroxylation sites is 1. The Bertz CT molecular complexity index is 1150. The van der Waals surface area contributed by atoms with Crippen molar-refractivity contribution in [1.29, 1.82) is 0 Å². The lowest BCUT2D eigenvalue weighted by Gasteiger charge is -2.33. The van der Waals surface area contributed by atoms with Gasteiger partial charge in [-0.3, -0.25) is 0 Å². The second-order valence-electron chi connectivity index (χ2n) is 8.37. The fourth-order valence-corrected chi connectivity index (χ4v) is 6.37. The summed E-state index contributed by atoms with van der Waals surface area (Å²) in [4.78, 5) is 0.0231. The van der Waals surface area contributed by atoms with Gasteiger partial charge in [0.15, 0.2) is 0 Å². The minimum atomic E-state index is -3.82. The fourth-order valence-electron chi connectivity index (χ4n) is 4.67. The van der Waals surface area contributed by atoms with E-state index in [1.165, 1.54) is 18.2 Å².